The molecule has 0 unspecified atom stereocenters. The zero-order valence-electron chi connectivity index (χ0n) is 11.3. The van der Waals surface area contributed by atoms with Crippen LogP contribution in [-0.2, 0) is 10.0 Å². The lowest BCUT2D eigenvalue weighted by molar-refractivity contribution is 0.263. The Hall–Kier alpha value is -0.690. The van der Waals surface area contributed by atoms with Crippen LogP contribution in [-0.4, -0.2) is 39.4 Å². The second-order valence-electron chi connectivity index (χ2n) is 5.00. The molecule has 0 radical (unpaired) electrons. The monoisotopic (exact) mass is 320 g/mol. The van der Waals surface area contributed by atoms with Gasteiger partial charge in [0.25, 0.3) is 0 Å². The van der Waals surface area contributed by atoms with E-state index in [9.17, 15) is 12.8 Å². The maximum Gasteiger partial charge on any atom is 0.244 e. The first-order valence-electron chi connectivity index (χ1n) is 6.55. The highest BCUT2D eigenvalue weighted by molar-refractivity contribution is 7.89. The minimum Gasteiger partial charge on any atom is -0.319 e. The van der Waals surface area contributed by atoms with Crippen LogP contribution in [0.15, 0.2) is 23.1 Å². The van der Waals surface area contributed by atoms with Crippen molar-refractivity contribution in [3.05, 3.63) is 29.0 Å². The number of hydrogen-bond acceptors (Lipinski definition) is 3. The molecule has 1 fully saturated rings. The number of benzene rings is 1. The minimum atomic E-state index is -3.73. The molecule has 1 aliphatic rings. The van der Waals surface area contributed by atoms with Gasteiger partial charge in [-0.15, -0.1) is 0 Å². The Morgan fingerprint density at radius 2 is 2.25 bits per heavy atom. The molecule has 112 valence electrons. The molecule has 1 saturated heterocycles. The maximum atomic E-state index is 13.3. The molecule has 1 heterocycles. The average molecular weight is 321 g/mol. The summed E-state index contributed by atoms with van der Waals surface area (Å²) in [6.07, 6.45) is 1.79. The Morgan fingerprint density at radius 3 is 2.95 bits per heavy atom. The standard InChI is InChI=1S/C13H18ClFN2O2S/c1-16-8-10-3-2-6-17(9-10)20(18,19)13-7-11(15)4-5-12(13)14/h4-5,7,10,16H,2-3,6,8-9H2,1H3/t10-/m1/s1. The normalized spacial score (nSPS) is 21.1. The molecule has 0 bridgehead atoms. The van der Waals surface area contributed by atoms with E-state index in [0.29, 0.717) is 13.1 Å². The highest BCUT2D eigenvalue weighted by Crippen LogP contribution is 2.28. The van der Waals surface area contributed by atoms with Gasteiger partial charge < -0.3 is 5.32 Å². The molecule has 2 rings (SSSR count). The smallest absolute Gasteiger partial charge is 0.244 e. The Bertz CT molecular complexity index is 578. The number of halogens is 2. The average Bonchev–Trinajstić information content (AvgIpc) is 2.42. The molecular weight excluding hydrogens is 303 g/mol. The van der Waals surface area contributed by atoms with Gasteiger partial charge in [-0.25, -0.2) is 12.8 Å². The van der Waals surface area contributed by atoms with Crippen molar-refractivity contribution < 1.29 is 12.8 Å². The molecule has 0 aromatic heterocycles. The van der Waals surface area contributed by atoms with Crippen molar-refractivity contribution in [2.24, 2.45) is 5.92 Å². The highest BCUT2D eigenvalue weighted by Gasteiger charge is 2.31. The molecule has 7 heteroatoms. The summed E-state index contributed by atoms with van der Waals surface area (Å²) in [5, 5.41) is 3.12. The molecular formula is C13H18ClFN2O2S. The topological polar surface area (TPSA) is 49.4 Å². The Labute approximate surface area is 124 Å². The number of hydrogen-bond donors (Lipinski definition) is 1. The van der Waals surface area contributed by atoms with E-state index < -0.39 is 15.8 Å². The lowest BCUT2D eigenvalue weighted by Crippen LogP contribution is -2.42. The summed E-state index contributed by atoms with van der Waals surface area (Å²) in [7, 11) is -1.89. The van der Waals surface area contributed by atoms with Crippen LogP contribution in [0.3, 0.4) is 0 Å². The second kappa shape index (κ2) is 6.39. The largest absolute Gasteiger partial charge is 0.319 e. The van der Waals surface area contributed by atoms with Crippen molar-refractivity contribution in [2.75, 3.05) is 26.7 Å². The summed E-state index contributed by atoms with van der Waals surface area (Å²) in [4.78, 5) is -0.149. The van der Waals surface area contributed by atoms with E-state index >= 15 is 0 Å². The summed E-state index contributed by atoms with van der Waals surface area (Å²) < 4.78 is 39.8. The number of nitrogens with one attached hydrogen (secondary N) is 1. The fourth-order valence-corrected chi connectivity index (χ4v) is 4.56. The zero-order valence-corrected chi connectivity index (χ0v) is 12.8. The van der Waals surface area contributed by atoms with Gasteiger partial charge in [-0.2, -0.15) is 4.31 Å². The van der Waals surface area contributed by atoms with Crippen molar-refractivity contribution >= 4 is 21.6 Å². The Kier molecular flexibility index (Phi) is 5.01. The second-order valence-corrected chi connectivity index (χ2v) is 7.32. The fourth-order valence-electron chi connectivity index (χ4n) is 2.51. The van der Waals surface area contributed by atoms with E-state index in [1.54, 1.807) is 0 Å². The van der Waals surface area contributed by atoms with Gasteiger partial charge in [0.2, 0.25) is 10.0 Å². The van der Waals surface area contributed by atoms with Gasteiger partial charge in [-0.3, -0.25) is 0 Å². The number of piperidine rings is 1. The van der Waals surface area contributed by atoms with Crippen molar-refractivity contribution in [3.8, 4) is 0 Å². The van der Waals surface area contributed by atoms with Gasteiger partial charge in [-0.05, 0) is 50.6 Å². The van der Waals surface area contributed by atoms with Gasteiger partial charge >= 0.3 is 0 Å². The molecule has 0 spiro atoms. The zero-order chi connectivity index (χ0) is 14.8. The molecule has 0 aliphatic carbocycles. The third-order valence-electron chi connectivity index (χ3n) is 3.49. The molecule has 1 atom stereocenters. The number of rotatable bonds is 4. The van der Waals surface area contributed by atoms with Gasteiger partial charge in [0.05, 0.1) is 5.02 Å². The summed E-state index contributed by atoms with van der Waals surface area (Å²) in [6.45, 7) is 1.66. The van der Waals surface area contributed by atoms with E-state index in [-0.39, 0.29) is 15.8 Å². The molecule has 1 aromatic rings. The fraction of sp³-hybridized carbons (Fsp3) is 0.538. The molecule has 1 aromatic carbocycles. The van der Waals surface area contributed by atoms with Crippen LogP contribution in [0.5, 0.6) is 0 Å². The summed E-state index contributed by atoms with van der Waals surface area (Å²) in [5.74, 6) is -0.326. The predicted octanol–water partition coefficient (Wildman–Crippen LogP) is 2.10. The van der Waals surface area contributed by atoms with E-state index in [1.165, 1.54) is 10.4 Å². The van der Waals surface area contributed by atoms with Crippen LogP contribution < -0.4 is 5.32 Å². The lowest BCUT2D eigenvalue weighted by atomic mass is 10.00. The first-order chi connectivity index (χ1) is 9.45. The van der Waals surface area contributed by atoms with Crippen LogP contribution in [0.2, 0.25) is 5.02 Å². The van der Waals surface area contributed by atoms with E-state index in [2.05, 4.69) is 5.32 Å². The summed E-state index contributed by atoms with van der Waals surface area (Å²) in [6, 6.07) is 3.42. The van der Waals surface area contributed by atoms with Crippen LogP contribution in [0.4, 0.5) is 4.39 Å². The molecule has 4 nitrogen and oxygen atoms in total. The van der Waals surface area contributed by atoms with Crippen molar-refractivity contribution in [2.45, 2.75) is 17.7 Å². The van der Waals surface area contributed by atoms with Gasteiger partial charge in [0.1, 0.15) is 10.7 Å². The van der Waals surface area contributed by atoms with E-state index in [4.69, 9.17) is 11.6 Å². The summed E-state index contributed by atoms with van der Waals surface area (Å²) >= 11 is 5.91. The molecule has 0 saturated carbocycles. The van der Waals surface area contributed by atoms with Crippen molar-refractivity contribution in [1.29, 1.82) is 0 Å². The number of sulfonamides is 1. The highest BCUT2D eigenvalue weighted by atomic mass is 35.5. The quantitative estimate of drug-likeness (QED) is 0.924. The lowest BCUT2D eigenvalue weighted by Gasteiger charge is -2.32. The SMILES string of the molecule is CNC[C@H]1CCCN(S(=O)(=O)c2cc(F)ccc2Cl)C1. The molecule has 20 heavy (non-hydrogen) atoms. The van der Waals surface area contributed by atoms with Gasteiger partial charge in [-0.1, -0.05) is 11.6 Å². The Balaban J connectivity index is 2.27. The van der Waals surface area contributed by atoms with E-state index in [1.807, 2.05) is 7.05 Å². The first kappa shape index (κ1) is 15.7. The van der Waals surface area contributed by atoms with Crippen LogP contribution in [0.1, 0.15) is 12.8 Å². The van der Waals surface area contributed by atoms with Gasteiger partial charge in [0, 0.05) is 13.1 Å². The predicted molar refractivity (Wildman–Crippen MR) is 76.8 cm³/mol. The molecule has 1 aliphatic heterocycles. The molecule has 1 N–H and O–H groups in total. The van der Waals surface area contributed by atoms with Crippen molar-refractivity contribution in [3.63, 3.8) is 0 Å². The van der Waals surface area contributed by atoms with Crippen LogP contribution >= 0.6 is 11.6 Å². The van der Waals surface area contributed by atoms with Gasteiger partial charge in [0.15, 0.2) is 0 Å². The third-order valence-corrected chi connectivity index (χ3v) is 5.83. The Morgan fingerprint density at radius 1 is 1.50 bits per heavy atom. The number of nitrogens with zero attached hydrogens (tertiary/aromatic N) is 1. The van der Waals surface area contributed by atoms with Crippen LogP contribution in [0, 0.1) is 11.7 Å². The first-order valence-corrected chi connectivity index (χ1v) is 8.36. The summed E-state index contributed by atoms with van der Waals surface area (Å²) in [5.41, 5.74) is 0. The van der Waals surface area contributed by atoms with Crippen LogP contribution in [0.25, 0.3) is 0 Å². The molecule has 0 amide bonds. The van der Waals surface area contributed by atoms with E-state index in [0.717, 1.165) is 31.5 Å². The maximum absolute atomic E-state index is 13.3. The van der Waals surface area contributed by atoms with Crippen molar-refractivity contribution in [1.82, 2.24) is 9.62 Å². The third kappa shape index (κ3) is 3.31. The minimum absolute atomic E-state index is 0.0575.